The van der Waals surface area contributed by atoms with E-state index in [4.69, 9.17) is 22.1 Å². The highest BCUT2D eigenvalue weighted by molar-refractivity contribution is 6.31. The van der Waals surface area contributed by atoms with Gasteiger partial charge in [0.25, 0.3) is 0 Å². The number of hydrogen-bond acceptors (Lipinski definition) is 3. The van der Waals surface area contributed by atoms with E-state index < -0.39 is 6.04 Å². The summed E-state index contributed by atoms with van der Waals surface area (Å²) in [4.78, 5) is 13.8. The standard InChI is InChI=1S/C14H21ClN2O2/c1-10(11-6-4-5-7-12(11)15)17(2)14(18)13(16)8-9-19-3/h4-7,10,13H,8-9,16H2,1-3H3. The fraction of sp³-hybridized carbons (Fsp3) is 0.500. The van der Waals surface area contributed by atoms with Gasteiger partial charge in [-0.25, -0.2) is 0 Å². The number of nitrogens with two attached hydrogens (primary N) is 1. The Morgan fingerprint density at radius 3 is 2.68 bits per heavy atom. The van der Waals surface area contributed by atoms with E-state index in [2.05, 4.69) is 0 Å². The molecule has 19 heavy (non-hydrogen) atoms. The number of halogens is 1. The monoisotopic (exact) mass is 284 g/mol. The molecule has 0 aromatic heterocycles. The lowest BCUT2D eigenvalue weighted by atomic mass is 10.1. The molecule has 0 radical (unpaired) electrons. The highest BCUT2D eigenvalue weighted by Crippen LogP contribution is 2.26. The Bertz CT molecular complexity index is 426. The number of hydrogen-bond donors (Lipinski definition) is 1. The van der Waals surface area contributed by atoms with Crippen molar-refractivity contribution in [3.63, 3.8) is 0 Å². The molecular formula is C14H21ClN2O2. The molecule has 2 unspecified atom stereocenters. The van der Waals surface area contributed by atoms with Crippen molar-refractivity contribution in [3.05, 3.63) is 34.9 Å². The van der Waals surface area contributed by atoms with Gasteiger partial charge in [-0.1, -0.05) is 29.8 Å². The first-order chi connectivity index (χ1) is 8.99. The van der Waals surface area contributed by atoms with E-state index in [0.717, 1.165) is 5.56 Å². The first-order valence-electron chi connectivity index (χ1n) is 6.24. The van der Waals surface area contributed by atoms with Crippen LogP contribution in [0.15, 0.2) is 24.3 Å². The third-order valence-corrected chi connectivity index (χ3v) is 3.58. The number of benzene rings is 1. The molecule has 0 aliphatic carbocycles. The molecule has 0 fully saturated rings. The highest BCUT2D eigenvalue weighted by Gasteiger charge is 2.23. The molecule has 0 aliphatic heterocycles. The van der Waals surface area contributed by atoms with Crippen LogP contribution in [0.2, 0.25) is 5.02 Å². The van der Waals surface area contributed by atoms with E-state index in [0.29, 0.717) is 18.1 Å². The number of carbonyl (C=O) groups excluding carboxylic acids is 1. The molecule has 0 bridgehead atoms. The summed E-state index contributed by atoms with van der Waals surface area (Å²) in [6.07, 6.45) is 0.509. The van der Waals surface area contributed by atoms with Crippen LogP contribution in [0.25, 0.3) is 0 Å². The van der Waals surface area contributed by atoms with Crippen LogP contribution in [0.1, 0.15) is 24.9 Å². The van der Waals surface area contributed by atoms with Gasteiger partial charge < -0.3 is 15.4 Å². The van der Waals surface area contributed by atoms with Gasteiger partial charge in [0.1, 0.15) is 0 Å². The largest absolute Gasteiger partial charge is 0.385 e. The Labute approximate surface area is 119 Å². The van der Waals surface area contributed by atoms with Gasteiger partial charge in [-0.2, -0.15) is 0 Å². The maximum absolute atomic E-state index is 12.2. The van der Waals surface area contributed by atoms with Crippen molar-refractivity contribution in [3.8, 4) is 0 Å². The third-order valence-electron chi connectivity index (χ3n) is 3.23. The predicted octanol–water partition coefficient (Wildman–Crippen LogP) is 2.22. The summed E-state index contributed by atoms with van der Waals surface area (Å²) >= 11 is 6.14. The minimum Gasteiger partial charge on any atom is -0.385 e. The molecule has 1 aromatic carbocycles. The van der Waals surface area contributed by atoms with Crippen LogP contribution in [0, 0.1) is 0 Å². The van der Waals surface area contributed by atoms with Crippen LogP contribution < -0.4 is 5.73 Å². The Morgan fingerprint density at radius 2 is 2.11 bits per heavy atom. The Kier molecular flexibility index (Phi) is 6.28. The summed E-state index contributed by atoms with van der Waals surface area (Å²) in [5.41, 5.74) is 6.77. The maximum atomic E-state index is 12.2. The normalized spacial score (nSPS) is 13.9. The summed E-state index contributed by atoms with van der Waals surface area (Å²) < 4.78 is 4.93. The predicted molar refractivity (Wildman–Crippen MR) is 77.1 cm³/mol. The number of methoxy groups -OCH3 is 1. The van der Waals surface area contributed by atoms with Crippen LogP contribution in [0.4, 0.5) is 0 Å². The molecule has 0 heterocycles. The molecule has 0 spiro atoms. The van der Waals surface area contributed by atoms with Crippen molar-refractivity contribution in [2.24, 2.45) is 5.73 Å². The van der Waals surface area contributed by atoms with Crippen molar-refractivity contribution in [1.82, 2.24) is 4.90 Å². The molecule has 0 saturated carbocycles. The maximum Gasteiger partial charge on any atom is 0.239 e. The molecule has 5 heteroatoms. The van der Waals surface area contributed by atoms with Crippen molar-refractivity contribution in [1.29, 1.82) is 0 Å². The van der Waals surface area contributed by atoms with Crippen LogP contribution in [-0.2, 0) is 9.53 Å². The van der Waals surface area contributed by atoms with Gasteiger partial charge in [0.05, 0.1) is 12.1 Å². The number of carbonyl (C=O) groups is 1. The number of nitrogens with zero attached hydrogens (tertiary/aromatic N) is 1. The van der Waals surface area contributed by atoms with Crippen molar-refractivity contribution >= 4 is 17.5 Å². The lowest BCUT2D eigenvalue weighted by molar-refractivity contribution is -0.133. The minimum atomic E-state index is -0.546. The second-order valence-electron chi connectivity index (χ2n) is 4.53. The van der Waals surface area contributed by atoms with E-state index in [1.807, 2.05) is 31.2 Å². The lowest BCUT2D eigenvalue weighted by Crippen LogP contribution is -2.43. The van der Waals surface area contributed by atoms with Crippen molar-refractivity contribution in [2.75, 3.05) is 20.8 Å². The molecule has 4 nitrogen and oxygen atoms in total. The molecule has 1 amide bonds. The molecule has 2 N–H and O–H groups in total. The van der Waals surface area contributed by atoms with Gasteiger partial charge in [0, 0.05) is 25.8 Å². The quantitative estimate of drug-likeness (QED) is 0.871. The Balaban J connectivity index is 2.74. The molecule has 1 rings (SSSR count). The number of rotatable bonds is 6. The molecule has 0 aliphatic rings. The van der Waals surface area contributed by atoms with E-state index in [9.17, 15) is 4.79 Å². The first kappa shape index (κ1) is 16.0. The van der Waals surface area contributed by atoms with Gasteiger partial charge in [-0.15, -0.1) is 0 Å². The van der Waals surface area contributed by atoms with Crippen molar-refractivity contribution < 1.29 is 9.53 Å². The molecule has 106 valence electrons. The SMILES string of the molecule is COCCC(N)C(=O)N(C)C(C)c1ccccc1Cl. The summed E-state index contributed by atoms with van der Waals surface area (Å²) in [6.45, 7) is 2.41. The Morgan fingerprint density at radius 1 is 1.47 bits per heavy atom. The summed E-state index contributed by atoms with van der Waals surface area (Å²) in [5.74, 6) is -0.107. The van der Waals surface area contributed by atoms with E-state index in [1.165, 1.54) is 0 Å². The number of likely N-dealkylation sites (N-methyl/N-ethyl adjacent to an activating group) is 1. The van der Waals surface area contributed by atoms with Crippen LogP contribution in [0.5, 0.6) is 0 Å². The van der Waals surface area contributed by atoms with Gasteiger partial charge in [0.15, 0.2) is 0 Å². The zero-order valence-corrected chi connectivity index (χ0v) is 12.4. The summed E-state index contributed by atoms with van der Waals surface area (Å²) in [7, 11) is 3.33. The zero-order chi connectivity index (χ0) is 14.4. The van der Waals surface area contributed by atoms with Gasteiger partial charge in [-0.3, -0.25) is 4.79 Å². The van der Waals surface area contributed by atoms with E-state index in [1.54, 1.807) is 19.1 Å². The fourth-order valence-corrected chi connectivity index (χ4v) is 2.14. The minimum absolute atomic E-state index is 0.107. The Hall–Kier alpha value is -1.10. The smallest absolute Gasteiger partial charge is 0.239 e. The number of ether oxygens (including phenoxy) is 1. The molecule has 2 atom stereocenters. The molecular weight excluding hydrogens is 264 g/mol. The van der Waals surface area contributed by atoms with Gasteiger partial charge in [-0.05, 0) is 25.0 Å². The van der Waals surface area contributed by atoms with E-state index in [-0.39, 0.29) is 11.9 Å². The summed E-state index contributed by atoms with van der Waals surface area (Å²) in [6, 6.07) is 6.84. The van der Waals surface area contributed by atoms with Crippen LogP contribution >= 0.6 is 11.6 Å². The number of amides is 1. The van der Waals surface area contributed by atoms with Crippen LogP contribution in [0.3, 0.4) is 0 Å². The highest BCUT2D eigenvalue weighted by atomic mass is 35.5. The van der Waals surface area contributed by atoms with Gasteiger partial charge >= 0.3 is 0 Å². The van der Waals surface area contributed by atoms with Crippen molar-refractivity contribution in [2.45, 2.75) is 25.4 Å². The third kappa shape index (κ3) is 4.20. The average molecular weight is 285 g/mol. The average Bonchev–Trinajstić information content (AvgIpc) is 2.42. The second-order valence-corrected chi connectivity index (χ2v) is 4.94. The first-order valence-corrected chi connectivity index (χ1v) is 6.62. The molecule has 0 saturated heterocycles. The van der Waals surface area contributed by atoms with Gasteiger partial charge in [0.2, 0.25) is 5.91 Å². The second kappa shape index (κ2) is 7.48. The summed E-state index contributed by atoms with van der Waals surface area (Å²) in [5, 5.41) is 0.653. The molecule has 1 aromatic rings. The lowest BCUT2D eigenvalue weighted by Gasteiger charge is -2.28. The topological polar surface area (TPSA) is 55.6 Å². The zero-order valence-electron chi connectivity index (χ0n) is 11.6. The van der Waals surface area contributed by atoms with E-state index >= 15 is 0 Å². The van der Waals surface area contributed by atoms with Crippen LogP contribution in [-0.4, -0.2) is 37.6 Å². The fourth-order valence-electron chi connectivity index (χ4n) is 1.84.